The summed E-state index contributed by atoms with van der Waals surface area (Å²) >= 11 is 2.63. The standard InChI is InChI=1S/C14H12N4S2/c1-19-9-4-2-8(3-5-9)12-10(6-15)13(17)20-14(18)11(12)7-16/h2-5,10,12,17H,18H2,1H3/t10-,12+/m0/s1. The predicted molar refractivity (Wildman–Crippen MR) is 82.2 cm³/mol. The van der Waals surface area contributed by atoms with E-state index in [9.17, 15) is 10.5 Å². The Labute approximate surface area is 126 Å². The molecule has 0 saturated heterocycles. The quantitative estimate of drug-likeness (QED) is 0.818. The highest BCUT2D eigenvalue weighted by atomic mass is 32.2. The summed E-state index contributed by atoms with van der Waals surface area (Å²) < 4.78 is 0. The second-order valence-electron chi connectivity index (χ2n) is 4.21. The van der Waals surface area contributed by atoms with E-state index in [0.29, 0.717) is 10.6 Å². The molecule has 0 saturated carbocycles. The third-order valence-corrected chi connectivity index (χ3v) is 4.80. The molecule has 0 spiro atoms. The van der Waals surface area contributed by atoms with Crippen LogP contribution in [-0.2, 0) is 0 Å². The van der Waals surface area contributed by atoms with E-state index in [1.165, 1.54) is 0 Å². The molecule has 1 aliphatic heterocycles. The second kappa shape index (κ2) is 6.04. The third kappa shape index (κ3) is 2.53. The molecular formula is C14H12N4S2. The summed E-state index contributed by atoms with van der Waals surface area (Å²) in [6.45, 7) is 0. The fourth-order valence-electron chi connectivity index (χ4n) is 2.14. The molecule has 4 nitrogen and oxygen atoms in total. The molecule has 1 aromatic rings. The summed E-state index contributed by atoms with van der Waals surface area (Å²) in [6, 6.07) is 11.9. The van der Waals surface area contributed by atoms with Crippen LogP contribution in [0.25, 0.3) is 0 Å². The molecule has 0 amide bonds. The van der Waals surface area contributed by atoms with Gasteiger partial charge in [0.05, 0.1) is 27.8 Å². The summed E-state index contributed by atoms with van der Waals surface area (Å²) in [6.07, 6.45) is 1.98. The summed E-state index contributed by atoms with van der Waals surface area (Å²) in [4.78, 5) is 1.11. The van der Waals surface area contributed by atoms with E-state index in [2.05, 4.69) is 12.1 Å². The van der Waals surface area contributed by atoms with Crippen LogP contribution in [0, 0.1) is 34.0 Å². The first-order chi connectivity index (χ1) is 9.62. The average Bonchev–Trinajstić information content (AvgIpc) is 2.46. The van der Waals surface area contributed by atoms with Gasteiger partial charge in [0.15, 0.2) is 0 Å². The average molecular weight is 300 g/mol. The van der Waals surface area contributed by atoms with Gasteiger partial charge in [-0.1, -0.05) is 23.9 Å². The van der Waals surface area contributed by atoms with E-state index >= 15 is 0 Å². The highest BCUT2D eigenvalue weighted by Gasteiger charge is 2.36. The van der Waals surface area contributed by atoms with E-state index < -0.39 is 11.8 Å². The van der Waals surface area contributed by atoms with Crippen LogP contribution in [0.3, 0.4) is 0 Å². The van der Waals surface area contributed by atoms with Gasteiger partial charge >= 0.3 is 0 Å². The Morgan fingerprint density at radius 3 is 2.45 bits per heavy atom. The smallest absolute Gasteiger partial charge is 0.106 e. The van der Waals surface area contributed by atoms with Crippen molar-refractivity contribution in [3.8, 4) is 12.1 Å². The maximum atomic E-state index is 9.31. The van der Waals surface area contributed by atoms with Crippen molar-refractivity contribution < 1.29 is 0 Å². The molecule has 0 aromatic heterocycles. The number of nitriles is 2. The fourth-order valence-corrected chi connectivity index (χ4v) is 3.38. The maximum absolute atomic E-state index is 9.31. The van der Waals surface area contributed by atoms with Crippen molar-refractivity contribution in [3.63, 3.8) is 0 Å². The molecule has 0 fully saturated rings. The lowest BCUT2D eigenvalue weighted by atomic mass is 9.82. The Bertz CT molecular complexity index is 649. The molecule has 2 atom stereocenters. The monoisotopic (exact) mass is 300 g/mol. The number of rotatable bonds is 2. The number of nitrogens with one attached hydrogen (secondary N) is 1. The Balaban J connectivity index is 2.53. The Hall–Kier alpha value is -1.89. The first kappa shape index (κ1) is 14.5. The summed E-state index contributed by atoms with van der Waals surface area (Å²) in [5, 5.41) is 27.1. The van der Waals surface area contributed by atoms with Crippen molar-refractivity contribution in [1.29, 1.82) is 15.9 Å². The molecule has 1 aliphatic rings. The Kier molecular flexibility index (Phi) is 4.39. The van der Waals surface area contributed by atoms with Gasteiger partial charge in [0.1, 0.15) is 5.92 Å². The molecule has 2 rings (SSSR count). The molecule has 100 valence electrons. The van der Waals surface area contributed by atoms with Gasteiger partial charge < -0.3 is 5.73 Å². The van der Waals surface area contributed by atoms with Crippen molar-refractivity contribution in [1.82, 2.24) is 0 Å². The van der Waals surface area contributed by atoms with Gasteiger partial charge in [-0.05, 0) is 24.0 Å². The third-order valence-electron chi connectivity index (χ3n) is 3.15. The van der Waals surface area contributed by atoms with E-state index in [0.717, 1.165) is 22.2 Å². The number of nitrogens with two attached hydrogens (primary N) is 1. The molecule has 1 heterocycles. The maximum Gasteiger partial charge on any atom is 0.106 e. The number of hydrogen-bond acceptors (Lipinski definition) is 6. The molecular weight excluding hydrogens is 288 g/mol. The van der Waals surface area contributed by atoms with Crippen LogP contribution in [0.5, 0.6) is 0 Å². The minimum absolute atomic E-state index is 0.197. The van der Waals surface area contributed by atoms with Crippen molar-refractivity contribution in [2.45, 2.75) is 10.8 Å². The lowest BCUT2D eigenvalue weighted by Crippen LogP contribution is -2.26. The Morgan fingerprint density at radius 2 is 1.95 bits per heavy atom. The highest BCUT2D eigenvalue weighted by Crippen LogP contribution is 2.42. The van der Waals surface area contributed by atoms with E-state index in [1.54, 1.807) is 11.8 Å². The predicted octanol–water partition coefficient (Wildman–Crippen LogP) is 3.05. The number of nitrogens with zero attached hydrogens (tertiary/aromatic N) is 2. The van der Waals surface area contributed by atoms with Gasteiger partial charge in [0.25, 0.3) is 0 Å². The minimum Gasteiger partial charge on any atom is -0.392 e. The normalized spacial score (nSPS) is 22.2. The van der Waals surface area contributed by atoms with Crippen LogP contribution in [0.2, 0.25) is 0 Å². The largest absolute Gasteiger partial charge is 0.392 e. The fraction of sp³-hybridized carbons (Fsp3) is 0.214. The molecule has 0 bridgehead atoms. The molecule has 20 heavy (non-hydrogen) atoms. The lowest BCUT2D eigenvalue weighted by Gasteiger charge is -2.27. The number of thioether (sulfide) groups is 2. The molecule has 0 aliphatic carbocycles. The SMILES string of the molecule is CSc1ccc([C@H]2C(C#N)=C(N)SC(=N)[C@H]2C#N)cc1. The van der Waals surface area contributed by atoms with Gasteiger partial charge in [0.2, 0.25) is 0 Å². The number of benzene rings is 1. The zero-order valence-electron chi connectivity index (χ0n) is 10.8. The molecule has 0 radical (unpaired) electrons. The first-order valence-electron chi connectivity index (χ1n) is 5.82. The number of allylic oxidation sites excluding steroid dienone is 1. The van der Waals surface area contributed by atoms with Crippen molar-refractivity contribution in [2.75, 3.05) is 6.26 Å². The molecule has 6 heteroatoms. The summed E-state index contributed by atoms with van der Waals surface area (Å²) in [5.74, 6) is -1.10. The zero-order chi connectivity index (χ0) is 14.7. The van der Waals surface area contributed by atoms with Gasteiger partial charge in [-0.25, -0.2) is 0 Å². The zero-order valence-corrected chi connectivity index (χ0v) is 12.4. The molecule has 0 unspecified atom stereocenters. The van der Waals surface area contributed by atoms with Crippen LogP contribution in [0.15, 0.2) is 39.8 Å². The second-order valence-corrected chi connectivity index (χ2v) is 6.18. The summed E-state index contributed by atoms with van der Waals surface area (Å²) in [5.41, 5.74) is 7.08. The van der Waals surface area contributed by atoms with Crippen molar-refractivity contribution in [2.24, 2.45) is 11.7 Å². The topological polar surface area (TPSA) is 97.4 Å². The lowest BCUT2D eigenvalue weighted by molar-refractivity contribution is 0.728. The van der Waals surface area contributed by atoms with Crippen molar-refractivity contribution in [3.05, 3.63) is 40.4 Å². The van der Waals surface area contributed by atoms with Crippen LogP contribution < -0.4 is 5.73 Å². The van der Waals surface area contributed by atoms with Crippen LogP contribution in [0.4, 0.5) is 0 Å². The first-order valence-corrected chi connectivity index (χ1v) is 7.86. The summed E-state index contributed by atoms with van der Waals surface area (Å²) in [7, 11) is 0. The van der Waals surface area contributed by atoms with E-state index in [4.69, 9.17) is 11.1 Å². The van der Waals surface area contributed by atoms with E-state index in [-0.39, 0.29) is 5.04 Å². The van der Waals surface area contributed by atoms with Gasteiger partial charge in [0, 0.05) is 10.8 Å². The van der Waals surface area contributed by atoms with Gasteiger partial charge in [-0.2, -0.15) is 10.5 Å². The van der Waals surface area contributed by atoms with Crippen LogP contribution in [-0.4, -0.2) is 11.3 Å². The minimum atomic E-state index is -0.651. The van der Waals surface area contributed by atoms with Crippen LogP contribution >= 0.6 is 23.5 Å². The molecule has 1 aromatic carbocycles. The molecule has 3 N–H and O–H groups in total. The van der Waals surface area contributed by atoms with Gasteiger partial charge in [-0.15, -0.1) is 11.8 Å². The van der Waals surface area contributed by atoms with Gasteiger partial charge in [-0.3, -0.25) is 5.41 Å². The number of hydrogen-bond donors (Lipinski definition) is 2. The van der Waals surface area contributed by atoms with Crippen LogP contribution in [0.1, 0.15) is 11.5 Å². The Morgan fingerprint density at radius 1 is 1.30 bits per heavy atom. The highest BCUT2D eigenvalue weighted by molar-refractivity contribution is 8.17. The van der Waals surface area contributed by atoms with E-state index in [1.807, 2.05) is 30.5 Å². The van der Waals surface area contributed by atoms with Crippen molar-refractivity contribution >= 4 is 28.6 Å².